The molecule has 0 spiro atoms. The lowest BCUT2D eigenvalue weighted by Crippen LogP contribution is -2.55. The van der Waals surface area contributed by atoms with Crippen molar-refractivity contribution in [3.63, 3.8) is 0 Å². The number of aromatic nitrogens is 1. The molecule has 2 amide bonds. The second kappa shape index (κ2) is 8.46. The average molecular weight is 431 g/mol. The molecule has 1 fully saturated rings. The Morgan fingerprint density at radius 2 is 1.87 bits per heavy atom. The zero-order valence-electron chi connectivity index (χ0n) is 17.6. The van der Waals surface area contributed by atoms with Crippen LogP contribution in [0, 0.1) is 11.3 Å². The Bertz CT molecular complexity index is 982. The zero-order chi connectivity index (χ0) is 22.8. The van der Waals surface area contributed by atoms with Crippen LogP contribution in [0.5, 0.6) is 0 Å². The molecule has 1 atom stereocenters. The quantitative estimate of drug-likeness (QED) is 0.768. The van der Waals surface area contributed by atoms with Gasteiger partial charge in [0.15, 0.2) is 0 Å². The van der Waals surface area contributed by atoms with E-state index in [1.54, 1.807) is 41.0 Å². The molecule has 31 heavy (non-hydrogen) atoms. The van der Waals surface area contributed by atoms with Gasteiger partial charge in [-0.25, -0.2) is 9.78 Å². The van der Waals surface area contributed by atoms with Crippen LogP contribution >= 0.6 is 0 Å². The number of hydrogen-bond acceptors (Lipinski definition) is 4. The van der Waals surface area contributed by atoms with Crippen LogP contribution in [0.15, 0.2) is 42.6 Å². The van der Waals surface area contributed by atoms with Gasteiger partial charge in [-0.05, 0) is 50.6 Å². The van der Waals surface area contributed by atoms with Crippen LogP contribution in [0.25, 0.3) is 0 Å². The number of rotatable bonds is 3. The first-order chi connectivity index (χ1) is 14.5. The van der Waals surface area contributed by atoms with Crippen molar-refractivity contribution >= 4 is 17.5 Å². The van der Waals surface area contributed by atoms with Crippen LogP contribution in [0.1, 0.15) is 31.9 Å². The van der Waals surface area contributed by atoms with E-state index in [1.165, 1.54) is 12.3 Å². The minimum Gasteiger partial charge on any atom is -0.352 e. The molecule has 164 valence electrons. The first-order valence-corrected chi connectivity index (χ1v) is 9.89. The number of urea groups is 1. The van der Waals surface area contributed by atoms with Gasteiger partial charge in [0.1, 0.15) is 5.82 Å². The van der Waals surface area contributed by atoms with E-state index >= 15 is 0 Å². The SMILES string of the molecule is C[C@@H]1CN(c2ncccc2C(F)(F)F)CCN1C(=O)Nc1ccc(C(C)(C)C#N)cc1. The molecule has 1 aliphatic heterocycles. The van der Waals surface area contributed by atoms with Crippen molar-refractivity contribution < 1.29 is 18.0 Å². The van der Waals surface area contributed by atoms with Crippen molar-refractivity contribution in [1.29, 1.82) is 5.26 Å². The second-order valence-corrected chi connectivity index (χ2v) is 8.11. The number of carbonyl (C=O) groups is 1. The minimum atomic E-state index is -4.49. The van der Waals surface area contributed by atoms with Crippen molar-refractivity contribution in [1.82, 2.24) is 9.88 Å². The van der Waals surface area contributed by atoms with Gasteiger partial charge in [-0.2, -0.15) is 18.4 Å². The molecule has 2 heterocycles. The molecule has 0 radical (unpaired) electrons. The van der Waals surface area contributed by atoms with Crippen LogP contribution in [0.4, 0.5) is 29.5 Å². The highest BCUT2D eigenvalue weighted by Crippen LogP contribution is 2.35. The highest BCUT2D eigenvalue weighted by molar-refractivity contribution is 5.89. The first-order valence-electron chi connectivity index (χ1n) is 9.89. The number of nitrogens with zero attached hydrogens (tertiary/aromatic N) is 4. The van der Waals surface area contributed by atoms with Crippen LogP contribution in [0.2, 0.25) is 0 Å². The van der Waals surface area contributed by atoms with E-state index in [4.69, 9.17) is 0 Å². The lowest BCUT2D eigenvalue weighted by Gasteiger charge is -2.40. The summed E-state index contributed by atoms with van der Waals surface area (Å²) in [6, 6.07) is 10.9. The third kappa shape index (κ3) is 4.90. The molecule has 9 heteroatoms. The monoisotopic (exact) mass is 431 g/mol. The van der Waals surface area contributed by atoms with E-state index in [2.05, 4.69) is 16.4 Å². The molecule has 0 aliphatic carbocycles. The summed E-state index contributed by atoms with van der Waals surface area (Å²) in [6.07, 6.45) is -3.15. The minimum absolute atomic E-state index is 0.113. The molecule has 1 aromatic heterocycles. The third-order valence-electron chi connectivity index (χ3n) is 5.42. The fraction of sp³-hybridized carbons (Fsp3) is 0.409. The number of hydrogen-bond donors (Lipinski definition) is 1. The average Bonchev–Trinajstić information content (AvgIpc) is 2.73. The molecular formula is C22H24F3N5O. The Morgan fingerprint density at radius 1 is 1.19 bits per heavy atom. The highest BCUT2D eigenvalue weighted by Gasteiger charge is 2.37. The smallest absolute Gasteiger partial charge is 0.352 e. The summed E-state index contributed by atoms with van der Waals surface area (Å²) in [5.74, 6) is -0.113. The van der Waals surface area contributed by atoms with Crippen molar-refractivity contribution in [2.75, 3.05) is 29.9 Å². The number of anilines is 2. The summed E-state index contributed by atoms with van der Waals surface area (Å²) in [6.45, 7) is 6.16. The summed E-state index contributed by atoms with van der Waals surface area (Å²) in [5.41, 5.74) is 0.0150. The van der Waals surface area contributed by atoms with Crippen LogP contribution in [-0.2, 0) is 11.6 Å². The summed E-state index contributed by atoms with van der Waals surface area (Å²) in [7, 11) is 0. The van der Waals surface area contributed by atoms with Crippen molar-refractivity contribution in [2.24, 2.45) is 0 Å². The number of nitrogens with one attached hydrogen (secondary N) is 1. The van der Waals surface area contributed by atoms with E-state index in [9.17, 15) is 23.2 Å². The fourth-order valence-electron chi connectivity index (χ4n) is 3.55. The lowest BCUT2D eigenvalue weighted by atomic mass is 9.86. The number of pyridine rings is 1. The van der Waals surface area contributed by atoms with Gasteiger partial charge in [-0.1, -0.05) is 12.1 Å². The summed E-state index contributed by atoms with van der Waals surface area (Å²) >= 11 is 0. The van der Waals surface area contributed by atoms with Crippen LogP contribution < -0.4 is 10.2 Å². The number of nitriles is 1. The van der Waals surface area contributed by atoms with Crippen molar-refractivity contribution in [2.45, 2.75) is 38.4 Å². The fourth-order valence-corrected chi connectivity index (χ4v) is 3.55. The number of alkyl halides is 3. The van der Waals surface area contributed by atoms with E-state index < -0.39 is 17.2 Å². The number of carbonyl (C=O) groups excluding carboxylic acids is 1. The van der Waals surface area contributed by atoms with Gasteiger partial charge >= 0.3 is 12.2 Å². The van der Waals surface area contributed by atoms with Crippen LogP contribution in [0.3, 0.4) is 0 Å². The number of halogens is 3. The molecule has 1 aliphatic rings. The Kier molecular flexibility index (Phi) is 6.11. The largest absolute Gasteiger partial charge is 0.419 e. The van der Waals surface area contributed by atoms with Crippen molar-refractivity contribution in [3.8, 4) is 6.07 Å². The van der Waals surface area contributed by atoms with Gasteiger partial charge in [0, 0.05) is 37.6 Å². The summed E-state index contributed by atoms with van der Waals surface area (Å²) < 4.78 is 39.9. The maximum atomic E-state index is 13.3. The van der Waals surface area contributed by atoms with E-state index in [0.717, 1.165) is 11.6 Å². The normalized spacial score (nSPS) is 17.3. The Balaban J connectivity index is 1.67. The number of benzene rings is 1. The second-order valence-electron chi connectivity index (χ2n) is 8.11. The molecule has 0 unspecified atom stereocenters. The standard InChI is InChI=1S/C22H24F3N5O/c1-15-13-29(19-18(22(23,24)25)5-4-10-27-19)11-12-30(15)20(31)28-17-8-6-16(7-9-17)21(2,3)14-26/h4-10,15H,11-13H2,1-3H3,(H,28,31)/t15-/m1/s1. The van der Waals surface area contributed by atoms with Gasteiger partial charge in [0.2, 0.25) is 0 Å². The highest BCUT2D eigenvalue weighted by atomic mass is 19.4. The molecule has 6 nitrogen and oxygen atoms in total. The zero-order valence-corrected chi connectivity index (χ0v) is 17.6. The lowest BCUT2D eigenvalue weighted by molar-refractivity contribution is -0.137. The van der Waals surface area contributed by atoms with Crippen LogP contribution in [-0.4, -0.2) is 41.6 Å². The van der Waals surface area contributed by atoms with Gasteiger partial charge in [0.25, 0.3) is 0 Å². The third-order valence-corrected chi connectivity index (χ3v) is 5.42. The van der Waals surface area contributed by atoms with Gasteiger partial charge in [-0.15, -0.1) is 0 Å². The summed E-state index contributed by atoms with van der Waals surface area (Å²) in [4.78, 5) is 19.8. The maximum absolute atomic E-state index is 13.3. The first kappa shape index (κ1) is 22.4. The molecule has 2 aromatic rings. The molecule has 3 rings (SSSR count). The number of piperazine rings is 1. The maximum Gasteiger partial charge on any atom is 0.419 e. The summed E-state index contributed by atoms with van der Waals surface area (Å²) in [5, 5.41) is 12.0. The van der Waals surface area contributed by atoms with E-state index in [-0.39, 0.29) is 37.5 Å². The molecule has 1 saturated heterocycles. The molecule has 0 saturated carbocycles. The van der Waals surface area contributed by atoms with Gasteiger partial charge in [-0.3, -0.25) is 0 Å². The Morgan fingerprint density at radius 3 is 2.45 bits per heavy atom. The Hall–Kier alpha value is -3.28. The van der Waals surface area contributed by atoms with Crippen molar-refractivity contribution in [3.05, 3.63) is 53.7 Å². The topological polar surface area (TPSA) is 72.3 Å². The number of amides is 2. The van der Waals surface area contributed by atoms with E-state index in [1.807, 2.05) is 13.8 Å². The molecule has 1 N–H and O–H groups in total. The molecule has 0 bridgehead atoms. The van der Waals surface area contributed by atoms with E-state index in [0.29, 0.717) is 5.69 Å². The predicted octanol–water partition coefficient (Wildman–Crippen LogP) is 4.64. The predicted molar refractivity (Wildman–Crippen MR) is 112 cm³/mol. The van der Waals surface area contributed by atoms with Gasteiger partial charge in [0.05, 0.1) is 17.0 Å². The Labute approximate surface area is 179 Å². The molecular weight excluding hydrogens is 407 g/mol. The van der Waals surface area contributed by atoms with Gasteiger partial charge < -0.3 is 15.1 Å². The molecule has 1 aromatic carbocycles.